The van der Waals surface area contributed by atoms with Gasteiger partial charge < -0.3 is 10.6 Å². The molecule has 0 unspecified atom stereocenters. The third kappa shape index (κ3) is 11.6. The van der Waals surface area contributed by atoms with Gasteiger partial charge in [-0.2, -0.15) is 0 Å². The highest BCUT2D eigenvalue weighted by atomic mass is 127. The molecule has 0 heterocycles. The molecule has 0 rings (SSSR count). The van der Waals surface area contributed by atoms with Gasteiger partial charge >= 0.3 is 0 Å². The van der Waals surface area contributed by atoms with E-state index in [1.54, 1.807) is 7.05 Å². The van der Waals surface area contributed by atoms with Crippen LogP contribution in [0.4, 0.5) is 0 Å². The lowest BCUT2D eigenvalue weighted by Gasteiger charge is -2.10. The number of rotatable bonds is 6. The van der Waals surface area contributed by atoms with E-state index in [1.165, 1.54) is 19.3 Å². The highest BCUT2D eigenvalue weighted by Crippen LogP contribution is 2.04. The topological polar surface area (TPSA) is 36.4 Å². The van der Waals surface area contributed by atoms with E-state index in [0.29, 0.717) is 6.54 Å². The SMILES string of the molecule is C#CCNC(=NC)NCCCCC(C)C.I. The van der Waals surface area contributed by atoms with Crippen molar-refractivity contribution in [2.75, 3.05) is 20.1 Å². The lowest BCUT2D eigenvalue weighted by atomic mass is 10.1. The second-order valence-corrected chi connectivity index (χ2v) is 3.95. The summed E-state index contributed by atoms with van der Waals surface area (Å²) in [6.45, 7) is 5.98. The first-order valence-electron chi connectivity index (χ1n) is 5.58. The van der Waals surface area contributed by atoms with E-state index >= 15 is 0 Å². The second kappa shape index (κ2) is 12.6. The summed E-state index contributed by atoms with van der Waals surface area (Å²) in [6, 6.07) is 0. The summed E-state index contributed by atoms with van der Waals surface area (Å²) in [5, 5.41) is 6.24. The summed E-state index contributed by atoms with van der Waals surface area (Å²) < 4.78 is 0. The Labute approximate surface area is 117 Å². The van der Waals surface area contributed by atoms with Crippen LogP contribution in [-0.2, 0) is 0 Å². The van der Waals surface area contributed by atoms with Crippen molar-refractivity contribution in [3.05, 3.63) is 0 Å². The molecule has 0 bridgehead atoms. The number of terminal acetylenes is 1. The molecule has 0 atom stereocenters. The molecule has 0 radical (unpaired) electrons. The molecule has 94 valence electrons. The van der Waals surface area contributed by atoms with Crippen LogP contribution in [0, 0.1) is 18.3 Å². The maximum atomic E-state index is 5.15. The fourth-order valence-electron chi connectivity index (χ4n) is 1.24. The molecule has 0 aliphatic heterocycles. The van der Waals surface area contributed by atoms with E-state index in [4.69, 9.17) is 6.42 Å². The van der Waals surface area contributed by atoms with Crippen LogP contribution in [0.5, 0.6) is 0 Å². The van der Waals surface area contributed by atoms with E-state index in [2.05, 4.69) is 35.4 Å². The fourth-order valence-corrected chi connectivity index (χ4v) is 1.24. The average molecular weight is 337 g/mol. The van der Waals surface area contributed by atoms with E-state index in [0.717, 1.165) is 18.4 Å². The Morgan fingerprint density at radius 3 is 2.50 bits per heavy atom. The number of aliphatic imine (C=N–C) groups is 1. The Kier molecular flexibility index (Phi) is 14.2. The summed E-state index contributed by atoms with van der Waals surface area (Å²) in [4.78, 5) is 4.06. The molecule has 16 heavy (non-hydrogen) atoms. The van der Waals surface area contributed by atoms with Crippen LogP contribution in [0.3, 0.4) is 0 Å². The van der Waals surface area contributed by atoms with E-state index in [-0.39, 0.29) is 24.0 Å². The van der Waals surface area contributed by atoms with Gasteiger partial charge in [-0.15, -0.1) is 30.4 Å². The first kappa shape index (κ1) is 17.9. The van der Waals surface area contributed by atoms with Gasteiger partial charge in [0.1, 0.15) is 0 Å². The molecule has 0 saturated heterocycles. The standard InChI is InChI=1S/C12H23N3.HI/c1-5-9-14-12(13-4)15-10-7-6-8-11(2)3;/h1,11H,6-10H2,2-4H3,(H2,13,14,15);1H. The minimum absolute atomic E-state index is 0. The molecule has 0 aromatic carbocycles. The van der Waals surface area contributed by atoms with Crippen LogP contribution in [0.25, 0.3) is 0 Å². The van der Waals surface area contributed by atoms with Crippen molar-refractivity contribution in [2.24, 2.45) is 10.9 Å². The average Bonchev–Trinajstić information content (AvgIpc) is 2.21. The van der Waals surface area contributed by atoms with Crippen molar-refractivity contribution in [1.29, 1.82) is 0 Å². The summed E-state index contributed by atoms with van der Waals surface area (Å²) >= 11 is 0. The monoisotopic (exact) mass is 337 g/mol. The van der Waals surface area contributed by atoms with Crippen molar-refractivity contribution in [3.63, 3.8) is 0 Å². The number of hydrogen-bond donors (Lipinski definition) is 2. The molecule has 0 saturated carbocycles. The van der Waals surface area contributed by atoms with Crippen molar-refractivity contribution < 1.29 is 0 Å². The Hall–Kier alpha value is -0.440. The molecule has 0 spiro atoms. The lowest BCUT2D eigenvalue weighted by molar-refractivity contribution is 0.535. The van der Waals surface area contributed by atoms with Crippen LogP contribution in [0.1, 0.15) is 33.1 Å². The van der Waals surface area contributed by atoms with Gasteiger partial charge in [0.15, 0.2) is 5.96 Å². The van der Waals surface area contributed by atoms with E-state index < -0.39 is 0 Å². The molecule has 0 fully saturated rings. The number of hydrogen-bond acceptors (Lipinski definition) is 1. The molecular formula is C12H24IN3. The van der Waals surface area contributed by atoms with Crippen LogP contribution in [0.2, 0.25) is 0 Å². The third-order valence-corrected chi connectivity index (χ3v) is 2.08. The van der Waals surface area contributed by atoms with Gasteiger partial charge in [0.25, 0.3) is 0 Å². The molecule has 0 amide bonds. The van der Waals surface area contributed by atoms with Gasteiger partial charge in [0.05, 0.1) is 6.54 Å². The minimum Gasteiger partial charge on any atom is -0.356 e. The predicted molar refractivity (Wildman–Crippen MR) is 82.3 cm³/mol. The van der Waals surface area contributed by atoms with Crippen LogP contribution >= 0.6 is 24.0 Å². The summed E-state index contributed by atoms with van der Waals surface area (Å²) in [5.74, 6) is 4.10. The first-order valence-corrected chi connectivity index (χ1v) is 5.58. The Balaban J connectivity index is 0. The zero-order valence-electron chi connectivity index (χ0n) is 10.5. The van der Waals surface area contributed by atoms with Gasteiger partial charge in [0.2, 0.25) is 0 Å². The molecule has 0 aromatic rings. The zero-order valence-corrected chi connectivity index (χ0v) is 12.9. The Morgan fingerprint density at radius 1 is 1.31 bits per heavy atom. The number of nitrogens with zero attached hydrogens (tertiary/aromatic N) is 1. The van der Waals surface area contributed by atoms with Crippen molar-refractivity contribution in [3.8, 4) is 12.3 Å². The smallest absolute Gasteiger partial charge is 0.191 e. The molecule has 0 aromatic heterocycles. The Bertz CT molecular complexity index is 219. The van der Waals surface area contributed by atoms with Crippen LogP contribution in [0.15, 0.2) is 4.99 Å². The Morgan fingerprint density at radius 2 is 2.00 bits per heavy atom. The zero-order chi connectivity index (χ0) is 11.5. The summed E-state index contributed by atoms with van der Waals surface area (Å²) in [6.07, 6.45) is 8.87. The maximum absolute atomic E-state index is 5.15. The summed E-state index contributed by atoms with van der Waals surface area (Å²) in [7, 11) is 1.75. The molecule has 2 N–H and O–H groups in total. The van der Waals surface area contributed by atoms with Gasteiger partial charge in [0, 0.05) is 13.6 Å². The van der Waals surface area contributed by atoms with Crippen LogP contribution < -0.4 is 10.6 Å². The van der Waals surface area contributed by atoms with Crippen LogP contribution in [-0.4, -0.2) is 26.1 Å². The van der Waals surface area contributed by atoms with E-state index in [1.807, 2.05) is 0 Å². The van der Waals surface area contributed by atoms with Crippen molar-refractivity contribution in [1.82, 2.24) is 10.6 Å². The first-order chi connectivity index (χ1) is 7.20. The normalized spacial score (nSPS) is 10.6. The lowest BCUT2D eigenvalue weighted by Crippen LogP contribution is -2.37. The number of nitrogens with one attached hydrogen (secondary N) is 2. The fraction of sp³-hybridized carbons (Fsp3) is 0.750. The van der Waals surface area contributed by atoms with Gasteiger partial charge in [-0.1, -0.05) is 32.6 Å². The highest BCUT2D eigenvalue weighted by molar-refractivity contribution is 14.0. The molecule has 3 nitrogen and oxygen atoms in total. The second-order valence-electron chi connectivity index (χ2n) is 3.95. The van der Waals surface area contributed by atoms with E-state index in [9.17, 15) is 0 Å². The quantitative estimate of drug-likeness (QED) is 0.256. The molecular weight excluding hydrogens is 313 g/mol. The third-order valence-electron chi connectivity index (χ3n) is 2.08. The predicted octanol–water partition coefficient (Wildman–Crippen LogP) is 2.23. The largest absolute Gasteiger partial charge is 0.356 e. The van der Waals surface area contributed by atoms with Gasteiger partial charge in [-0.3, -0.25) is 4.99 Å². The maximum Gasteiger partial charge on any atom is 0.191 e. The molecule has 4 heteroatoms. The number of unbranched alkanes of at least 4 members (excludes halogenated alkanes) is 1. The minimum atomic E-state index is 0. The van der Waals surface area contributed by atoms with Crippen molar-refractivity contribution >= 4 is 29.9 Å². The highest BCUT2D eigenvalue weighted by Gasteiger charge is 1.96. The molecule has 0 aliphatic rings. The van der Waals surface area contributed by atoms with Gasteiger partial charge in [-0.05, 0) is 12.3 Å². The van der Waals surface area contributed by atoms with Crippen molar-refractivity contribution in [2.45, 2.75) is 33.1 Å². The number of halogens is 1. The molecule has 0 aliphatic carbocycles. The number of guanidine groups is 1. The van der Waals surface area contributed by atoms with Gasteiger partial charge in [-0.25, -0.2) is 0 Å². The summed E-state index contributed by atoms with van der Waals surface area (Å²) in [5.41, 5.74) is 0.